The van der Waals surface area contributed by atoms with E-state index >= 15 is 0 Å². The molecule has 6 heteroatoms. The number of hydrogen-bond donors (Lipinski definition) is 2. The van der Waals surface area contributed by atoms with Gasteiger partial charge in [-0.2, -0.15) is 0 Å². The number of anilines is 1. The molecule has 0 aliphatic carbocycles. The van der Waals surface area contributed by atoms with Crippen LogP contribution in [0.2, 0.25) is 0 Å². The average molecular weight is 343 g/mol. The maximum atomic E-state index is 12.3. The third kappa shape index (κ3) is 5.80. The molecule has 0 atom stereocenters. The van der Waals surface area contributed by atoms with Crippen LogP contribution in [0, 0.1) is 18.3 Å². The number of ether oxygens (including phenoxy) is 1. The Morgan fingerprint density at radius 2 is 2.12 bits per heavy atom. The molecule has 3 amide bonds. The molecule has 0 unspecified atom stereocenters. The van der Waals surface area contributed by atoms with E-state index in [0.29, 0.717) is 44.8 Å². The second-order valence-corrected chi connectivity index (χ2v) is 6.05. The van der Waals surface area contributed by atoms with Crippen LogP contribution in [0.4, 0.5) is 10.5 Å². The van der Waals surface area contributed by atoms with Gasteiger partial charge in [0.15, 0.2) is 0 Å². The Morgan fingerprint density at radius 1 is 1.36 bits per heavy atom. The lowest BCUT2D eigenvalue weighted by atomic mass is 9.96. The fourth-order valence-corrected chi connectivity index (χ4v) is 2.81. The van der Waals surface area contributed by atoms with Crippen LogP contribution in [0.3, 0.4) is 0 Å². The van der Waals surface area contributed by atoms with E-state index in [1.807, 2.05) is 12.1 Å². The van der Waals surface area contributed by atoms with Gasteiger partial charge in [-0.05, 0) is 37.5 Å². The SMILES string of the molecule is C#Cc1cccc(NC(=O)N2CCC(C(=O)NCCCOC)CC2)c1. The van der Waals surface area contributed by atoms with Crippen molar-refractivity contribution in [3.05, 3.63) is 29.8 Å². The molecule has 2 rings (SSSR count). The van der Waals surface area contributed by atoms with Crippen LogP contribution in [-0.2, 0) is 9.53 Å². The predicted octanol–water partition coefficient (Wildman–Crippen LogP) is 2.06. The van der Waals surface area contributed by atoms with E-state index in [1.54, 1.807) is 24.1 Å². The number of carbonyl (C=O) groups excluding carboxylic acids is 2. The number of nitrogens with one attached hydrogen (secondary N) is 2. The summed E-state index contributed by atoms with van der Waals surface area (Å²) >= 11 is 0. The summed E-state index contributed by atoms with van der Waals surface area (Å²) in [6, 6.07) is 7.03. The molecule has 2 N–H and O–H groups in total. The first kappa shape index (κ1) is 18.8. The Balaban J connectivity index is 1.76. The Bertz CT molecular complexity index is 631. The van der Waals surface area contributed by atoms with Crippen LogP contribution in [0.1, 0.15) is 24.8 Å². The summed E-state index contributed by atoms with van der Waals surface area (Å²) in [5.41, 5.74) is 1.40. The number of piperidine rings is 1. The van der Waals surface area contributed by atoms with Crippen molar-refractivity contribution >= 4 is 17.6 Å². The normalized spacial score (nSPS) is 14.6. The minimum absolute atomic E-state index is 0.0311. The Kier molecular flexibility index (Phi) is 7.30. The van der Waals surface area contributed by atoms with Crippen molar-refractivity contribution in [2.24, 2.45) is 5.92 Å². The molecule has 1 aromatic carbocycles. The first-order valence-corrected chi connectivity index (χ1v) is 8.53. The highest BCUT2D eigenvalue weighted by Gasteiger charge is 2.27. The van der Waals surface area contributed by atoms with E-state index in [4.69, 9.17) is 11.2 Å². The smallest absolute Gasteiger partial charge is 0.321 e. The molecule has 0 aromatic heterocycles. The fraction of sp³-hybridized carbons (Fsp3) is 0.474. The summed E-state index contributed by atoms with van der Waals surface area (Å²) in [7, 11) is 1.64. The Labute approximate surface area is 148 Å². The standard InChI is InChI=1S/C19H25N3O3/c1-3-15-6-4-7-17(14-15)21-19(24)22-11-8-16(9-12-22)18(23)20-10-5-13-25-2/h1,4,6-7,14,16H,5,8-13H2,2H3,(H,20,23)(H,21,24). The van der Waals surface area contributed by atoms with Crippen LogP contribution in [0.15, 0.2) is 24.3 Å². The molecule has 6 nitrogen and oxygen atoms in total. The van der Waals surface area contributed by atoms with Crippen LogP contribution in [0.5, 0.6) is 0 Å². The van der Waals surface area contributed by atoms with Crippen LogP contribution < -0.4 is 10.6 Å². The molecule has 25 heavy (non-hydrogen) atoms. The molecule has 1 aliphatic rings. The van der Waals surface area contributed by atoms with Gasteiger partial charge in [-0.1, -0.05) is 12.0 Å². The van der Waals surface area contributed by atoms with Gasteiger partial charge in [0.1, 0.15) is 0 Å². The van der Waals surface area contributed by atoms with Crippen molar-refractivity contribution in [3.8, 4) is 12.3 Å². The molecule has 1 aromatic rings. The number of nitrogens with zero attached hydrogens (tertiary/aromatic N) is 1. The van der Waals surface area contributed by atoms with Gasteiger partial charge < -0.3 is 20.3 Å². The van der Waals surface area contributed by atoms with E-state index in [-0.39, 0.29) is 17.9 Å². The number of urea groups is 1. The number of likely N-dealkylation sites (tertiary alicyclic amines) is 1. The minimum Gasteiger partial charge on any atom is -0.385 e. The van der Waals surface area contributed by atoms with Gasteiger partial charge in [0.05, 0.1) is 0 Å². The summed E-state index contributed by atoms with van der Waals surface area (Å²) in [6.07, 6.45) is 7.52. The van der Waals surface area contributed by atoms with Crippen molar-refractivity contribution in [1.29, 1.82) is 0 Å². The highest BCUT2D eigenvalue weighted by Crippen LogP contribution is 2.19. The molecule has 1 heterocycles. The second kappa shape index (κ2) is 9.70. The Hall–Kier alpha value is -2.52. The van der Waals surface area contributed by atoms with Gasteiger partial charge in [0, 0.05) is 50.5 Å². The van der Waals surface area contributed by atoms with E-state index in [9.17, 15) is 9.59 Å². The second-order valence-electron chi connectivity index (χ2n) is 6.05. The molecule has 0 radical (unpaired) electrons. The predicted molar refractivity (Wildman–Crippen MR) is 97.2 cm³/mol. The summed E-state index contributed by atoms with van der Waals surface area (Å²) < 4.78 is 4.96. The van der Waals surface area contributed by atoms with Crippen molar-refractivity contribution in [1.82, 2.24) is 10.2 Å². The topological polar surface area (TPSA) is 70.7 Å². The summed E-state index contributed by atoms with van der Waals surface area (Å²) in [5, 5.41) is 5.78. The third-order valence-electron chi connectivity index (χ3n) is 4.26. The number of carbonyl (C=O) groups is 2. The van der Waals surface area contributed by atoms with E-state index in [2.05, 4.69) is 16.6 Å². The molecule has 0 spiro atoms. The quantitative estimate of drug-likeness (QED) is 0.614. The molecular formula is C19H25N3O3. The summed E-state index contributed by atoms with van der Waals surface area (Å²) in [5.74, 6) is 2.58. The van der Waals surface area contributed by atoms with Crippen LogP contribution in [0.25, 0.3) is 0 Å². The van der Waals surface area contributed by atoms with Crippen molar-refractivity contribution in [2.45, 2.75) is 19.3 Å². The van der Waals surface area contributed by atoms with Gasteiger partial charge >= 0.3 is 6.03 Å². The zero-order valence-electron chi connectivity index (χ0n) is 14.6. The lowest BCUT2D eigenvalue weighted by Crippen LogP contribution is -2.44. The van der Waals surface area contributed by atoms with E-state index in [0.717, 1.165) is 12.0 Å². The largest absolute Gasteiger partial charge is 0.385 e. The average Bonchev–Trinajstić information content (AvgIpc) is 2.65. The fourth-order valence-electron chi connectivity index (χ4n) is 2.81. The van der Waals surface area contributed by atoms with Crippen molar-refractivity contribution in [2.75, 3.05) is 38.7 Å². The number of hydrogen-bond acceptors (Lipinski definition) is 3. The monoisotopic (exact) mass is 343 g/mol. The highest BCUT2D eigenvalue weighted by molar-refractivity contribution is 5.89. The maximum Gasteiger partial charge on any atom is 0.321 e. The number of terminal acetylenes is 1. The van der Waals surface area contributed by atoms with Gasteiger partial charge in [-0.15, -0.1) is 6.42 Å². The first-order chi connectivity index (χ1) is 12.1. The van der Waals surface area contributed by atoms with E-state index in [1.165, 1.54) is 0 Å². The van der Waals surface area contributed by atoms with Crippen molar-refractivity contribution in [3.63, 3.8) is 0 Å². The van der Waals surface area contributed by atoms with Gasteiger partial charge in [0.25, 0.3) is 0 Å². The third-order valence-corrected chi connectivity index (χ3v) is 4.26. The lowest BCUT2D eigenvalue weighted by Gasteiger charge is -2.31. The summed E-state index contributed by atoms with van der Waals surface area (Å²) in [4.78, 5) is 26.2. The number of rotatable bonds is 6. The Morgan fingerprint density at radius 3 is 2.80 bits per heavy atom. The minimum atomic E-state index is -0.159. The summed E-state index contributed by atoms with van der Waals surface area (Å²) in [6.45, 7) is 2.40. The van der Waals surface area contributed by atoms with E-state index < -0.39 is 0 Å². The zero-order valence-corrected chi connectivity index (χ0v) is 14.6. The molecule has 1 saturated heterocycles. The molecule has 1 aliphatic heterocycles. The molecular weight excluding hydrogens is 318 g/mol. The van der Waals surface area contributed by atoms with Gasteiger partial charge in [-0.25, -0.2) is 4.79 Å². The zero-order chi connectivity index (χ0) is 18.1. The molecule has 0 bridgehead atoms. The van der Waals surface area contributed by atoms with Crippen LogP contribution in [-0.4, -0.2) is 50.2 Å². The number of benzene rings is 1. The van der Waals surface area contributed by atoms with Gasteiger partial charge in [0.2, 0.25) is 5.91 Å². The van der Waals surface area contributed by atoms with Gasteiger partial charge in [-0.3, -0.25) is 4.79 Å². The highest BCUT2D eigenvalue weighted by atomic mass is 16.5. The molecule has 1 fully saturated rings. The number of methoxy groups -OCH3 is 1. The number of amides is 3. The lowest BCUT2D eigenvalue weighted by molar-refractivity contribution is -0.126. The van der Waals surface area contributed by atoms with Crippen molar-refractivity contribution < 1.29 is 14.3 Å². The maximum absolute atomic E-state index is 12.3. The molecule has 134 valence electrons. The molecule has 0 saturated carbocycles. The first-order valence-electron chi connectivity index (χ1n) is 8.53. The van der Waals surface area contributed by atoms with Crippen LogP contribution >= 0.6 is 0 Å².